The lowest BCUT2D eigenvalue weighted by Crippen LogP contribution is -2.29. The number of rotatable bonds is 2. The second kappa shape index (κ2) is 4.33. The van der Waals surface area contributed by atoms with Gasteiger partial charge in [0.1, 0.15) is 0 Å². The van der Waals surface area contributed by atoms with Gasteiger partial charge in [-0.3, -0.25) is 9.58 Å². The van der Waals surface area contributed by atoms with Gasteiger partial charge in [-0.25, -0.2) is 0 Å². The van der Waals surface area contributed by atoms with E-state index in [0.29, 0.717) is 12.6 Å². The lowest BCUT2D eigenvalue weighted by molar-refractivity contribution is 0.183. The summed E-state index contributed by atoms with van der Waals surface area (Å²) in [7, 11) is 4.15. The van der Waals surface area contributed by atoms with Gasteiger partial charge in [-0.15, -0.1) is 0 Å². The molecule has 4 nitrogen and oxygen atoms in total. The van der Waals surface area contributed by atoms with Crippen LogP contribution in [0.15, 0.2) is 6.07 Å². The number of piperidine rings is 1. The van der Waals surface area contributed by atoms with Crippen molar-refractivity contribution in [2.75, 3.05) is 13.6 Å². The van der Waals surface area contributed by atoms with E-state index in [2.05, 4.69) is 23.1 Å². The van der Waals surface area contributed by atoms with E-state index in [1.165, 1.54) is 31.5 Å². The summed E-state index contributed by atoms with van der Waals surface area (Å²) in [4.78, 5) is 2.39. The molecule has 1 fully saturated rings. The molecule has 2 rings (SSSR count). The maximum absolute atomic E-state index is 5.65. The van der Waals surface area contributed by atoms with Crippen LogP contribution in [0, 0.1) is 0 Å². The number of hydrogen-bond donors (Lipinski definition) is 1. The number of aromatic nitrogens is 2. The maximum Gasteiger partial charge on any atom is 0.0799 e. The Hall–Kier alpha value is -0.870. The van der Waals surface area contributed by atoms with Crippen LogP contribution in [0.25, 0.3) is 0 Å². The van der Waals surface area contributed by atoms with E-state index in [1.807, 2.05) is 11.7 Å². The fourth-order valence-corrected chi connectivity index (χ4v) is 2.33. The van der Waals surface area contributed by atoms with Gasteiger partial charge in [-0.05, 0) is 32.5 Å². The molecule has 0 aromatic carbocycles. The molecule has 1 unspecified atom stereocenters. The molecule has 15 heavy (non-hydrogen) atoms. The van der Waals surface area contributed by atoms with Crippen molar-refractivity contribution in [3.05, 3.63) is 17.5 Å². The Morgan fingerprint density at radius 2 is 2.27 bits per heavy atom. The largest absolute Gasteiger partial charge is 0.325 e. The van der Waals surface area contributed by atoms with Crippen LogP contribution in [0.1, 0.15) is 36.7 Å². The Balaban J connectivity index is 2.20. The molecule has 0 aliphatic carbocycles. The lowest BCUT2D eigenvalue weighted by atomic mass is 10.00. The molecular formula is C11H20N4. The Kier molecular flexibility index (Phi) is 3.07. The first-order valence-electron chi connectivity index (χ1n) is 5.65. The minimum atomic E-state index is 0.491. The van der Waals surface area contributed by atoms with E-state index in [-0.39, 0.29) is 0 Å². The number of likely N-dealkylation sites (tertiary alicyclic amines) is 1. The summed E-state index contributed by atoms with van der Waals surface area (Å²) in [5.74, 6) is 0. The van der Waals surface area contributed by atoms with Crippen LogP contribution in [0.5, 0.6) is 0 Å². The van der Waals surface area contributed by atoms with Gasteiger partial charge in [0.15, 0.2) is 0 Å². The van der Waals surface area contributed by atoms with Gasteiger partial charge < -0.3 is 5.73 Å². The minimum absolute atomic E-state index is 0.491. The quantitative estimate of drug-likeness (QED) is 0.790. The summed E-state index contributed by atoms with van der Waals surface area (Å²) in [6.45, 7) is 1.75. The normalized spacial score (nSPS) is 23.3. The monoisotopic (exact) mass is 208 g/mol. The van der Waals surface area contributed by atoms with Crippen molar-refractivity contribution in [2.45, 2.75) is 31.8 Å². The highest BCUT2D eigenvalue weighted by molar-refractivity contribution is 5.14. The Bertz CT molecular complexity index is 331. The zero-order valence-electron chi connectivity index (χ0n) is 9.61. The van der Waals surface area contributed by atoms with Crippen LogP contribution in [0.2, 0.25) is 0 Å². The molecule has 2 heterocycles. The van der Waals surface area contributed by atoms with Crippen molar-refractivity contribution in [3.63, 3.8) is 0 Å². The Labute approximate surface area is 91.1 Å². The van der Waals surface area contributed by atoms with Crippen LogP contribution < -0.4 is 5.73 Å². The fraction of sp³-hybridized carbons (Fsp3) is 0.727. The third-order valence-electron chi connectivity index (χ3n) is 3.32. The molecule has 0 bridgehead atoms. The molecule has 1 aliphatic heterocycles. The van der Waals surface area contributed by atoms with Gasteiger partial charge in [0, 0.05) is 13.6 Å². The summed E-state index contributed by atoms with van der Waals surface area (Å²) in [6, 6.07) is 2.64. The second-order valence-electron chi connectivity index (χ2n) is 4.38. The van der Waals surface area contributed by atoms with Crippen LogP contribution >= 0.6 is 0 Å². The van der Waals surface area contributed by atoms with E-state index in [9.17, 15) is 0 Å². The van der Waals surface area contributed by atoms with Gasteiger partial charge in [0.2, 0.25) is 0 Å². The van der Waals surface area contributed by atoms with Crippen LogP contribution in [0.4, 0.5) is 0 Å². The van der Waals surface area contributed by atoms with E-state index in [4.69, 9.17) is 5.73 Å². The molecule has 0 spiro atoms. The fourth-order valence-electron chi connectivity index (χ4n) is 2.33. The van der Waals surface area contributed by atoms with Crippen LogP contribution in [-0.4, -0.2) is 28.3 Å². The zero-order chi connectivity index (χ0) is 10.8. The number of aryl methyl sites for hydroxylation is 1. The molecule has 4 heteroatoms. The summed E-state index contributed by atoms with van der Waals surface area (Å²) in [5, 5.41) is 4.55. The highest BCUT2D eigenvalue weighted by atomic mass is 15.3. The molecular weight excluding hydrogens is 188 g/mol. The highest BCUT2D eigenvalue weighted by Gasteiger charge is 2.23. The standard InChI is InChI=1S/C11H20N4/c1-14-6-4-3-5-11(14)10-7-9(8-12)15(2)13-10/h7,11H,3-6,8,12H2,1-2H3. The first kappa shape index (κ1) is 10.6. The highest BCUT2D eigenvalue weighted by Crippen LogP contribution is 2.28. The summed E-state index contributed by atoms with van der Waals surface area (Å²) < 4.78 is 1.90. The zero-order valence-corrected chi connectivity index (χ0v) is 9.61. The molecule has 0 amide bonds. The molecule has 0 radical (unpaired) electrons. The third kappa shape index (κ3) is 2.06. The van der Waals surface area contributed by atoms with Gasteiger partial charge in [-0.1, -0.05) is 6.42 Å². The van der Waals surface area contributed by atoms with Gasteiger partial charge in [0.05, 0.1) is 17.4 Å². The first-order valence-corrected chi connectivity index (χ1v) is 5.65. The molecule has 1 aliphatic rings. The Morgan fingerprint density at radius 3 is 2.87 bits per heavy atom. The van der Waals surface area contributed by atoms with E-state index in [0.717, 1.165) is 5.69 Å². The molecule has 1 aromatic rings. The van der Waals surface area contributed by atoms with Crippen molar-refractivity contribution in [1.82, 2.24) is 14.7 Å². The smallest absolute Gasteiger partial charge is 0.0799 e. The minimum Gasteiger partial charge on any atom is -0.325 e. The summed E-state index contributed by atoms with van der Waals surface area (Å²) >= 11 is 0. The van der Waals surface area contributed by atoms with Crippen molar-refractivity contribution in [3.8, 4) is 0 Å². The average Bonchev–Trinajstić information content (AvgIpc) is 2.60. The van der Waals surface area contributed by atoms with Crippen LogP contribution in [0.3, 0.4) is 0 Å². The topological polar surface area (TPSA) is 47.1 Å². The first-order chi connectivity index (χ1) is 7.22. The molecule has 0 saturated carbocycles. The van der Waals surface area contributed by atoms with Crippen molar-refractivity contribution < 1.29 is 0 Å². The lowest BCUT2D eigenvalue weighted by Gasteiger charge is -2.31. The van der Waals surface area contributed by atoms with Crippen molar-refractivity contribution in [2.24, 2.45) is 12.8 Å². The number of hydrogen-bond acceptors (Lipinski definition) is 3. The van der Waals surface area contributed by atoms with E-state index in [1.54, 1.807) is 0 Å². The molecule has 2 N–H and O–H groups in total. The Morgan fingerprint density at radius 1 is 1.47 bits per heavy atom. The van der Waals surface area contributed by atoms with Crippen LogP contribution in [-0.2, 0) is 13.6 Å². The number of nitrogens with zero attached hydrogens (tertiary/aromatic N) is 3. The molecule has 1 atom stereocenters. The van der Waals surface area contributed by atoms with Crippen molar-refractivity contribution >= 4 is 0 Å². The molecule has 1 aromatic heterocycles. The molecule has 1 saturated heterocycles. The van der Waals surface area contributed by atoms with Gasteiger partial charge in [0.25, 0.3) is 0 Å². The number of nitrogens with two attached hydrogens (primary N) is 1. The maximum atomic E-state index is 5.65. The SMILES string of the molecule is CN1CCCCC1c1cc(CN)n(C)n1. The predicted molar refractivity (Wildman–Crippen MR) is 60.3 cm³/mol. The summed E-state index contributed by atoms with van der Waals surface area (Å²) in [6.07, 6.45) is 3.84. The van der Waals surface area contributed by atoms with E-state index >= 15 is 0 Å². The third-order valence-corrected chi connectivity index (χ3v) is 3.32. The molecule has 84 valence electrons. The second-order valence-corrected chi connectivity index (χ2v) is 4.38. The predicted octanol–water partition coefficient (Wildman–Crippen LogP) is 1.04. The van der Waals surface area contributed by atoms with Crippen molar-refractivity contribution in [1.29, 1.82) is 0 Å². The van der Waals surface area contributed by atoms with Gasteiger partial charge in [-0.2, -0.15) is 5.10 Å². The summed E-state index contributed by atoms with van der Waals surface area (Å²) in [5.41, 5.74) is 7.95. The van der Waals surface area contributed by atoms with Gasteiger partial charge >= 0.3 is 0 Å². The van der Waals surface area contributed by atoms with E-state index < -0.39 is 0 Å². The average molecular weight is 208 g/mol.